The Balaban J connectivity index is 1.92. The van der Waals surface area contributed by atoms with Gasteiger partial charge in [-0.15, -0.1) is 10.2 Å². The molecular formula is C23H22N6O2S2. The minimum Gasteiger partial charge on any atom is -0.497 e. The van der Waals surface area contributed by atoms with Crippen LogP contribution in [-0.4, -0.2) is 28.8 Å². The number of benzene rings is 1. The van der Waals surface area contributed by atoms with Crippen molar-refractivity contribution >= 4 is 34.0 Å². The largest absolute Gasteiger partial charge is 0.497 e. The number of allylic oxidation sites excluding steroid dienone is 3. The summed E-state index contributed by atoms with van der Waals surface area (Å²) in [6, 6.07) is 11.7. The highest BCUT2D eigenvalue weighted by molar-refractivity contribution is 8.01. The molecule has 33 heavy (non-hydrogen) atoms. The van der Waals surface area contributed by atoms with Crippen LogP contribution < -0.4 is 15.4 Å². The van der Waals surface area contributed by atoms with E-state index in [0.717, 1.165) is 11.3 Å². The number of anilines is 1. The van der Waals surface area contributed by atoms with E-state index >= 15 is 0 Å². The van der Waals surface area contributed by atoms with E-state index in [2.05, 4.69) is 22.3 Å². The number of aromatic nitrogens is 2. The predicted octanol–water partition coefficient (Wildman–Crippen LogP) is 4.10. The number of carbonyl (C=O) groups is 1. The fourth-order valence-corrected chi connectivity index (χ4v) is 5.87. The molecule has 1 aromatic heterocycles. The number of nitrogens with two attached hydrogens (primary N) is 1. The zero-order valence-electron chi connectivity index (χ0n) is 18.5. The fraction of sp³-hybridized carbons (Fsp3) is 0.348. The Morgan fingerprint density at radius 1 is 1.33 bits per heavy atom. The molecule has 8 nitrogen and oxygen atoms in total. The number of hydrogen-bond acceptors (Lipinski definition) is 10. The molecule has 1 aromatic carbocycles. The number of methoxy groups -OCH3 is 1. The van der Waals surface area contributed by atoms with Crippen LogP contribution in [0, 0.1) is 28.1 Å². The molecule has 2 N–H and O–H groups in total. The van der Waals surface area contributed by atoms with Gasteiger partial charge in [-0.2, -0.15) is 10.5 Å². The average molecular weight is 479 g/mol. The van der Waals surface area contributed by atoms with Gasteiger partial charge in [0.25, 0.3) is 0 Å². The van der Waals surface area contributed by atoms with Crippen molar-refractivity contribution in [2.24, 2.45) is 11.1 Å². The molecule has 0 bridgehead atoms. The van der Waals surface area contributed by atoms with Crippen molar-refractivity contribution in [3.63, 3.8) is 0 Å². The van der Waals surface area contributed by atoms with E-state index in [4.69, 9.17) is 15.7 Å². The molecule has 0 saturated carbocycles. The summed E-state index contributed by atoms with van der Waals surface area (Å²) >= 11 is 2.56. The van der Waals surface area contributed by atoms with E-state index in [9.17, 15) is 10.1 Å². The number of ether oxygens (including phenoxy) is 1. The molecule has 1 aliphatic heterocycles. The first-order chi connectivity index (χ1) is 15.8. The molecule has 2 aromatic rings. The monoisotopic (exact) mass is 478 g/mol. The van der Waals surface area contributed by atoms with E-state index in [-0.39, 0.29) is 28.3 Å². The number of carbonyl (C=O) groups excluding carboxylic acids is 1. The molecule has 0 saturated heterocycles. The van der Waals surface area contributed by atoms with Gasteiger partial charge in [-0.1, -0.05) is 49.1 Å². The van der Waals surface area contributed by atoms with Crippen molar-refractivity contribution < 1.29 is 9.53 Å². The molecule has 0 spiro atoms. The van der Waals surface area contributed by atoms with Crippen LogP contribution in [0.3, 0.4) is 0 Å². The van der Waals surface area contributed by atoms with Gasteiger partial charge in [0.2, 0.25) is 5.13 Å². The Labute approximate surface area is 200 Å². The summed E-state index contributed by atoms with van der Waals surface area (Å²) < 4.78 is 6.00. The average Bonchev–Trinajstić information content (AvgIpc) is 3.24. The molecule has 0 amide bonds. The van der Waals surface area contributed by atoms with Gasteiger partial charge in [0.1, 0.15) is 11.6 Å². The van der Waals surface area contributed by atoms with Gasteiger partial charge < -0.3 is 10.5 Å². The third kappa shape index (κ3) is 4.20. The van der Waals surface area contributed by atoms with E-state index in [0.29, 0.717) is 33.6 Å². The number of nitriles is 2. The Hall–Kier alpha value is -3.34. The second-order valence-electron chi connectivity index (χ2n) is 8.55. The zero-order valence-corrected chi connectivity index (χ0v) is 20.1. The molecule has 2 heterocycles. The second-order valence-corrected chi connectivity index (χ2v) is 10.7. The van der Waals surface area contributed by atoms with Crippen molar-refractivity contribution in [3.8, 4) is 17.9 Å². The van der Waals surface area contributed by atoms with Crippen LogP contribution in [0.1, 0.15) is 38.2 Å². The maximum Gasteiger partial charge on any atom is 0.219 e. The predicted molar refractivity (Wildman–Crippen MR) is 126 cm³/mol. The Morgan fingerprint density at radius 3 is 2.82 bits per heavy atom. The van der Waals surface area contributed by atoms with Crippen molar-refractivity contribution in [1.29, 1.82) is 10.5 Å². The Kier molecular flexibility index (Phi) is 6.15. The van der Waals surface area contributed by atoms with Crippen molar-refractivity contribution in [3.05, 3.63) is 52.5 Å². The SMILES string of the molecule is COc1cccc(C2C(C#N)=C(N)N(c3nnc(SCC#N)s3)C3=C2C(=O)CC(C)(C)C3)c1. The number of hydrogen-bond donors (Lipinski definition) is 1. The summed E-state index contributed by atoms with van der Waals surface area (Å²) in [5.41, 5.74) is 8.70. The smallest absolute Gasteiger partial charge is 0.219 e. The first-order valence-corrected chi connectivity index (χ1v) is 12.0. The molecule has 10 heteroatoms. The first-order valence-electron chi connectivity index (χ1n) is 10.2. The molecule has 2 aliphatic rings. The minimum absolute atomic E-state index is 0.0112. The summed E-state index contributed by atoms with van der Waals surface area (Å²) in [7, 11) is 1.58. The highest BCUT2D eigenvalue weighted by Crippen LogP contribution is 2.51. The second kappa shape index (κ2) is 8.89. The standard InChI is InChI=1S/C23H22N6O2S2/c1-23(2)10-16-19(17(30)11-23)18(13-5-4-6-14(9-13)31-3)15(12-25)20(26)29(16)21-27-28-22(33-21)32-8-7-24/h4-6,9,18H,8,10-11,26H2,1-3H3. The van der Waals surface area contributed by atoms with Crippen molar-refractivity contribution in [2.75, 3.05) is 17.8 Å². The molecule has 1 atom stereocenters. The van der Waals surface area contributed by atoms with Crippen LogP contribution in [0.25, 0.3) is 0 Å². The topological polar surface area (TPSA) is 129 Å². The van der Waals surface area contributed by atoms with Gasteiger partial charge in [-0.05, 0) is 29.5 Å². The number of ketones is 1. The first kappa shape index (κ1) is 22.8. The summed E-state index contributed by atoms with van der Waals surface area (Å²) in [6.45, 7) is 4.09. The third-order valence-electron chi connectivity index (χ3n) is 5.66. The van der Waals surface area contributed by atoms with E-state index in [1.165, 1.54) is 23.1 Å². The number of rotatable bonds is 5. The Morgan fingerprint density at radius 2 is 2.12 bits per heavy atom. The van der Waals surface area contributed by atoms with Gasteiger partial charge in [-0.25, -0.2) is 0 Å². The van der Waals surface area contributed by atoms with Gasteiger partial charge in [0, 0.05) is 17.7 Å². The summed E-state index contributed by atoms with van der Waals surface area (Å²) in [6.07, 6.45) is 0.965. The van der Waals surface area contributed by atoms with E-state index < -0.39 is 5.92 Å². The highest BCUT2D eigenvalue weighted by atomic mass is 32.2. The summed E-state index contributed by atoms with van der Waals surface area (Å²) in [4.78, 5) is 15.2. The minimum atomic E-state index is -0.583. The quantitative estimate of drug-likeness (QED) is 0.631. The molecule has 1 unspecified atom stereocenters. The molecular weight excluding hydrogens is 456 g/mol. The normalized spacial score (nSPS) is 19.7. The van der Waals surface area contributed by atoms with Crippen molar-refractivity contribution in [1.82, 2.24) is 10.2 Å². The fourth-order valence-electron chi connectivity index (χ4n) is 4.33. The summed E-state index contributed by atoms with van der Waals surface area (Å²) in [5, 5.41) is 27.9. The van der Waals surface area contributed by atoms with Crippen LogP contribution in [0.5, 0.6) is 5.75 Å². The molecule has 0 fully saturated rings. The van der Waals surface area contributed by atoms with Crippen LogP contribution in [-0.2, 0) is 4.79 Å². The third-order valence-corrected chi connectivity index (χ3v) is 7.56. The van der Waals surface area contributed by atoms with Crippen LogP contribution in [0.2, 0.25) is 0 Å². The Bertz CT molecular complexity index is 1260. The van der Waals surface area contributed by atoms with Crippen LogP contribution in [0.4, 0.5) is 5.13 Å². The van der Waals surface area contributed by atoms with Gasteiger partial charge >= 0.3 is 0 Å². The maximum absolute atomic E-state index is 13.5. The molecule has 4 rings (SSSR count). The van der Waals surface area contributed by atoms with Gasteiger partial charge in [0.15, 0.2) is 10.1 Å². The zero-order chi connectivity index (χ0) is 23.8. The van der Waals surface area contributed by atoms with Crippen molar-refractivity contribution in [2.45, 2.75) is 36.9 Å². The maximum atomic E-state index is 13.5. The van der Waals surface area contributed by atoms with E-state index in [1.807, 2.05) is 38.1 Å². The van der Waals surface area contributed by atoms with E-state index in [1.54, 1.807) is 12.0 Å². The van der Waals surface area contributed by atoms with Gasteiger partial charge in [-0.3, -0.25) is 9.69 Å². The lowest BCUT2D eigenvalue weighted by molar-refractivity contribution is -0.118. The molecule has 1 aliphatic carbocycles. The molecule has 0 radical (unpaired) electrons. The lowest BCUT2D eigenvalue weighted by atomic mass is 9.68. The highest BCUT2D eigenvalue weighted by Gasteiger charge is 2.45. The van der Waals surface area contributed by atoms with Gasteiger partial charge in [0.05, 0.1) is 36.5 Å². The van der Waals surface area contributed by atoms with Crippen LogP contribution >= 0.6 is 23.1 Å². The number of Topliss-reactive ketones (excluding diaryl/α,β-unsaturated/α-hetero) is 1. The lowest BCUT2D eigenvalue weighted by Gasteiger charge is -2.42. The number of thioether (sulfide) groups is 1. The summed E-state index contributed by atoms with van der Waals surface area (Å²) in [5.74, 6) is 0.534. The number of nitrogens with zero attached hydrogens (tertiary/aromatic N) is 5. The molecule has 168 valence electrons. The lowest BCUT2D eigenvalue weighted by Crippen LogP contribution is -2.42. The van der Waals surface area contributed by atoms with Crippen LogP contribution in [0.15, 0.2) is 51.3 Å².